The van der Waals surface area contributed by atoms with Crippen LogP contribution >= 0.6 is 0 Å². The number of anilines is 1. The maximum absolute atomic E-state index is 10.8. The van der Waals surface area contributed by atoms with Crippen molar-refractivity contribution in [2.24, 2.45) is 5.92 Å². The van der Waals surface area contributed by atoms with Crippen molar-refractivity contribution in [3.8, 4) is 6.07 Å². The zero-order valence-corrected chi connectivity index (χ0v) is 10.1. The summed E-state index contributed by atoms with van der Waals surface area (Å²) in [6, 6.07) is 9.77. The van der Waals surface area contributed by atoms with Crippen molar-refractivity contribution in [1.82, 2.24) is 0 Å². The highest BCUT2D eigenvalue weighted by molar-refractivity contribution is 5.70. The molecule has 0 saturated heterocycles. The van der Waals surface area contributed by atoms with Crippen molar-refractivity contribution in [2.75, 3.05) is 18.0 Å². The molecule has 0 aliphatic rings. The Morgan fingerprint density at radius 3 is 2.53 bits per heavy atom. The van der Waals surface area contributed by atoms with Crippen molar-refractivity contribution in [1.29, 1.82) is 5.26 Å². The average Bonchev–Trinajstić information content (AvgIpc) is 2.29. The van der Waals surface area contributed by atoms with E-state index in [0.717, 1.165) is 11.3 Å². The van der Waals surface area contributed by atoms with Gasteiger partial charge >= 0.3 is 5.97 Å². The summed E-state index contributed by atoms with van der Waals surface area (Å²) in [4.78, 5) is 12.6. The van der Waals surface area contributed by atoms with Crippen molar-refractivity contribution in [3.63, 3.8) is 0 Å². The van der Waals surface area contributed by atoms with Gasteiger partial charge in [0, 0.05) is 12.2 Å². The molecule has 0 amide bonds. The molecular formula is C13H16N2O2. The number of aliphatic carboxylic acids is 1. The fourth-order valence-corrected chi connectivity index (χ4v) is 1.51. The standard InChI is InChI=1S/C13H16N2O2/c1-10-3-5-12(6-4-10)15(8-7-14)9-11(2)13(16)17/h3-6,11H,8-9H2,1-2H3,(H,16,17). The molecule has 0 spiro atoms. The molecule has 1 aromatic carbocycles. The van der Waals surface area contributed by atoms with Gasteiger partial charge in [0.2, 0.25) is 0 Å². The van der Waals surface area contributed by atoms with Crippen LogP contribution in [0.4, 0.5) is 5.69 Å². The molecule has 1 aromatic rings. The van der Waals surface area contributed by atoms with E-state index in [1.807, 2.05) is 31.2 Å². The highest BCUT2D eigenvalue weighted by Crippen LogP contribution is 2.16. The normalized spacial score (nSPS) is 11.6. The van der Waals surface area contributed by atoms with Gasteiger partial charge in [-0.2, -0.15) is 5.26 Å². The lowest BCUT2D eigenvalue weighted by atomic mass is 10.1. The van der Waals surface area contributed by atoms with Crippen LogP contribution in [0.15, 0.2) is 24.3 Å². The Morgan fingerprint density at radius 1 is 1.47 bits per heavy atom. The number of aryl methyl sites for hydroxylation is 1. The van der Waals surface area contributed by atoms with Crippen LogP contribution < -0.4 is 4.90 Å². The third-order valence-corrected chi connectivity index (χ3v) is 2.58. The van der Waals surface area contributed by atoms with Crippen LogP contribution in [0.25, 0.3) is 0 Å². The second-order valence-electron chi connectivity index (χ2n) is 4.11. The topological polar surface area (TPSA) is 64.3 Å². The van der Waals surface area contributed by atoms with E-state index < -0.39 is 11.9 Å². The van der Waals surface area contributed by atoms with Crippen LogP contribution in [0.5, 0.6) is 0 Å². The molecule has 0 radical (unpaired) electrons. The molecule has 0 bridgehead atoms. The molecule has 0 heterocycles. The first kappa shape index (κ1) is 13.0. The minimum atomic E-state index is -0.847. The third-order valence-electron chi connectivity index (χ3n) is 2.58. The Labute approximate surface area is 101 Å². The maximum Gasteiger partial charge on any atom is 0.308 e. The molecule has 0 aromatic heterocycles. The summed E-state index contributed by atoms with van der Waals surface area (Å²) in [5.74, 6) is -1.34. The van der Waals surface area contributed by atoms with Gasteiger partial charge in [-0.3, -0.25) is 4.79 Å². The lowest BCUT2D eigenvalue weighted by Gasteiger charge is -2.23. The van der Waals surface area contributed by atoms with Gasteiger partial charge in [-0.1, -0.05) is 24.6 Å². The van der Waals surface area contributed by atoms with Gasteiger partial charge in [0.15, 0.2) is 0 Å². The first-order valence-corrected chi connectivity index (χ1v) is 5.46. The van der Waals surface area contributed by atoms with Gasteiger partial charge in [0.1, 0.15) is 6.54 Å². The molecule has 1 unspecified atom stereocenters. The second kappa shape index (κ2) is 5.90. The van der Waals surface area contributed by atoms with Gasteiger partial charge in [-0.05, 0) is 19.1 Å². The van der Waals surface area contributed by atoms with Crippen LogP contribution in [0.1, 0.15) is 12.5 Å². The fraction of sp³-hybridized carbons (Fsp3) is 0.385. The predicted molar refractivity (Wildman–Crippen MR) is 65.8 cm³/mol. The molecular weight excluding hydrogens is 216 g/mol. The van der Waals surface area contributed by atoms with Crippen LogP contribution in [-0.2, 0) is 4.79 Å². The van der Waals surface area contributed by atoms with E-state index >= 15 is 0 Å². The van der Waals surface area contributed by atoms with E-state index in [1.54, 1.807) is 11.8 Å². The van der Waals surface area contributed by atoms with Crippen molar-refractivity contribution in [2.45, 2.75) is 13.8 Å². The van der Waals surface area contributed by atoms with Crippen LogP contribution in [0.3, 0.4) is 0 Å². The number of nitrogens with zero attached hydrogens (tertiary/aromatic N) is 2. The molecule has 17 heavy (non-hydrogen) atoms. The van der Waals surface area contributed by atoms with Gasteiger partial charge in [0.05, 0.1) is 12.0 Å². The Kier molecular flexibility index (Phi) is 4.53. The number of carbonyl (C=O) groups is 1. The predicted octanol–water partition coefficient (Wildman–Crippen LogP) is 2.05. The number of hydrogen-bond acceptors (Lipinski definition) is 3. The van der Waals surface area contributed by atoms with Crippen molar-refractivity contribution < 1.29 is 9.90 Å². The zero-order chi connectivity index (χ0) is 12.8. The molecule has 0 aliphatic heterocycles. The molecule has 1 rings (SSSR count). The van der Waals surface area contributed by atoms with Gasteiger partial charge < -0.3 is 10.0 Å². The summed E-state index contributed by atoms with van der Waals surface area (Å²) in [6.45, 7) is 4.16. The van der Waals surface area contributed by atoms with Crippen LogP contribution in [-0.4, -0.2) is 24.2 Å². The molecule has 0 saturated carbocycles. The average molecular weight is 232 g/mol. The highest BCUT2D eigenvalue weighted by Gasteiger charge is 2.16. The molecule has 0 fully saturated rings. The minimum absolute atomic E-state index is 0.195. The Balaban J connectivity index is 2.82. The second-order valence-corrected chi connectivity index (χ2v) is 4.11. The van der Waals surface area contributed by atoms with E-state index in [0.29, 0.717) is 6.54 Å². The summed E-state index contributed by atoms with van der Waals surface area (Å²) >= 11 is 0. The molecule has 0 aliphatic carbocycles. The number of carboxylic acid groups (broad SMARTS) is 1. The molecule has 4 nitrogen and oxygen atoms in total. The Morgan fingerprint density at radius 2 is 2.06 bits per heavy atom. The SMILES string of the molecule is Cc1ccc(N(CC#N)CC(C)C(=O)O)cc1. The summed E-state index contributed by atoms with van der Waals surface area (Å²) in [6.07, 6.45) is 0. The lowest BCUT2D eigenvalue weighted by molar-refractivity contribution is -0.140. The highest BCUT2D eigenvalue weighted by atomic mass is 16.4. The number of nitriles is 1. The van der Waals surface area contributed by atoms with Gasteiger partial charge in [-0.15, -0.1) is 0 Å². The van der Waals surface area contributed by atoms with Crippen molar-refractivity contribution >= 4 is 11.7 Å². The number of rotatable bonds is 5. The monoisotopic (exact) mass is 232 g/mol. The van der Waals surface area contributed by atoms with E-state index in [-0.39, 0.29) is 6.54 Å². The number of carboxylic acids is 1. The summed E-state index contributed by atoms with van der Waals surface area (Å²) in [5, 5.41) is 17.6. The van der Waals surface area contributed by atoms with E-state index in [2.05, 4.69) is 6.07 Å². The lowest BCUT2D eigenvalue weighted by Crippen LogP contribution is -2.32. The van der Waals surface area contributed by atoms with Gasteiger partial charge in [0.25, 0.3) is 0 Å². The third kappa shape index (κ3) is 3.80. The van der Waals surface area contributed by atoms with Crippen LogP contribution in [0.2, 0.25) is 0 Å². The molecule has 90 valence electrons. The van der Waals surface area contributed by atoms with Crippen molar-refractivity contribution in [3.05, 3.63) is 29.8 Å². The molecule has 4 heteroatoms. The maximum atomic E-state index is 10.8. The quantitative estimate of drug-likeness (QED) is 0.789. The Hall–Kier alpha value is -2.02. The largest absolute Gasteiger partial charge is 0.481 e. The number of hydrogen-bond donors (Lipinski definition) is 1. The zero-order valence-electron chi connectivity index (χ0n) is 10.1. The fourth-order valence-electron chi connectivity index (χ4n) is 1.51. The smallest absolute Gasteiger partial charge is 0.308 e. The van der Waals surface area contributed by atoms with E-state index in [4.69, 9.17) is 10.4 Å². The van der Waals surface area contributed by atoms with Gasteiger partial charge in [-0.25, -0.2) is 0 Å². The molecule has 1 N–H and O–H groups in total. The summed E-state index contributed by atoms with van der Waals surface area (Å²) in [7, 11) is 0. The minimum Gasteiger partial charge on any atom is -0.481 e. The molecule has 1 atom stereocenters. The first-order valence-electron chi connectivity index (χ1n) is 5.46. The van der Waals surface area contributed by atoms with E-state index in [1.165, 1.54) is 0 Å². The van der Waals surface area contributed by atoms with E-state index in [9.17, 15) is 4.79 Å². The summed E-state index contributed by atoms with van der Waals surface area (Å²) in [5.41, 5.74) is 2.02. The number of benzene rings is 1. The Bertz CT molecular complexity index is 420. The summed E-state index contributed by atoms with van der Waals surface area (Å²) < 4.78 is 0. The first-order chi connectivity index (χ1) is 8.04. The van der Waals surface area contributed by atoms with Crippen LogP contribution in [0, 0.1) is 24.2 Å².